The number of nitrogens with one attached hydrogen (secondary N) is 3. The van der Waals surface area contributed by atoms with E-state index in [4.69, 9.17) is 4.98 Å². The molecular weight excluding hydrogens is 418 g/mol. The molecule has 0 spiro atoms. The van der Waals surface area contributed by atoms with Crippen molar-refractivity contribution in [1.82, 2.24) is 20.2 Å². The number of carbonyl (C=O) groups is 3. The first kappa shape index (κ1) is 22.5. The molecule has 2 aromatic carbocycles. The van der Waals surface area contributed by atoms with E-state index in [0.29, 0.717) is 17.2 Å². The summed E-state index contributed by atoms with van der Waals surface area (Å²) in [6, 6.07) is 13.7. The van der Waals surface area contributed by atoms with Crippen LogP contribution in [0.2, 0.25) is 0 Å². The summed E-state index contributed by atoms with van der Waals surface area (Å²) in [7, 11) is 1.95. The van der Waals surface area contributed by atoms with Gasteiger partial charge in [-0.25, -0.2) is 4.98 Å². The molecule has 3 N–H and O–H groups in total. The number of aromatic nitrogens is 2. The Morgan fingerprint density at radius 2 is 1.85 bits per heavy atom. The molecule has 172 valence electrons. The third-order valence-corrected chi connectivity index (χ3v) is 5.89. The summed E-state index contributed by atoms with van der Waals surface area (Å²) < 4.78 is 2.01. The average Bonchev–Trinajstić information content (AvgIpc) is 3.06. The molecule has 0 saturated heterocycles. The van der Waals surface area contributed by atoms with Crippen LogP contribution in [0.15, 0.2) is 48.5 Å². The van der Waals surface area contributed by atoms with Crippen molar-refractivity contribution in [3.63, 3.8) is 0 Å². The molecule has 3 amide bonds. The highest BCUT2D eigenvalue weighted by molar-refractivity contribution is 6.09. The predicted molar refractivity (Wildman–Crippen MR) is 127 cm³/mol. The zero-order valence-electron chi connectivity index (χ0n) is 19.1. The van der Waals surface area contributed by atoms with Gasteiger partial charge in [0, 0.05) is 13.5 Å². The lowest BCUT2D eigenvalue weighted by Crippen LogP contribution is -2.42. The van der Waals surface area contributed by atoms with E-state index in [1.165, 1.54) is 0 Å². The number of imidazole rings is 1. The van der Waals surface area contributed by atoms with Gasteiger partial charge in [-0.2, -0.15) is 0 Å². The van der Waals surface area contributed by atoms with Gasteiger partial charge in [0.1, 0.15) is 11.9 Å². The van der Waals surface area contributed by atoms with Crippen molar-refractivity contribution in [3.8, 4) is 0 Å². The molecular formula is C25H29N5O3. The maximum Gasteiger partial charge on any atom is 0.254 e. The van der Waals surface area contributed by atoms with E-state index >= 15 is 0 Å². The lowest BCUT2D eigenvalue weighted by molar-refractivity contribution is -0.122. The Kier molecular flexibility index (Phi) is 6.44. The van der Waals surface area contributed by atoms with Crippen LogP contribution in [0, 0.1) is 5.92 Å². The van der Waals surface area contributed by atoms with Crippen molar-refractivity contribution in [1.29, 1.82) is 0 Å². The van der Waals surface area contributed by atoms with E-state index in [0.717, 1.165) is 23.3 Å². The van der Waals surface area contributed by atoms with Gasteiger partial charge in [-0.1, -0.05) is 38.1 Å². The smallest absolute Gasteiger partial charge is 0.254 e. The predicted octanol–water partition coefficient (Wildman–Crippen LogP) is 3.31. The minimum atomic E-state index is -0.782. The number of nitrogens with zero attached hydrogens (tertiary/aromatic N) is 2. The number of fused-ring (bicyclic) bond motifs is 2. The number of amides is 3. The summed E-state index contributed by atoms with van der Waals surface area (Å²) in [6.07, 6.45) is 1.04. The van der Waals surface area contributed by atoms with Gasteiger partial charge in [0.05, 0.1) is 28.3 Å². The molecule has 4 rings (SSSR count). The fourth-order valence-electron chi connectivity index (χ4n) is 4.23. The third kappa shape index (κ3) is 4.89. The van der Waals surface area contributed by atoms with Crippen molar-refractivity contribution in [2.75, 3.05) is 5.32 Å². The number of anilines is 1. The van der Waals surface area contributed by atoms with Crippen LogP contribution >= 0.6 is 0 Å². The van der Waals surface area contributed by atoms with Crippen LogP contribution in [-0.2, 0) is 16.6 Å². The number of benzene rings is 2. The van der Waals surface area contributed by atoms with E-state index in [2.05, 4.69) is 29.8 Å². The first-order chi connectivity index (χ1) is 15.8. The Balaban J connectivity index is 1.44. The molecule has 2 atom stereocenters. The van der Waals surface area contributed by atoms with Gasteiger partial charge < -0.3 is 20.5 Å². The Morgan fingerprint density at radius 3 is 2.61 bits per heavy atom. The average molecular weight is 448 g/mol. The van der Waals surface area contributed by atoms with Gasteiger partial charge in [-0.3, -0.25) is 14.4 Å². The second-order valence-corrected chi connectivity index (χ2v) is 8.87. The van der Waals surface area contributed by atoms with E-state index in [1.807, 2.05) is 35.9 Å². The van der Waals surface area contributed by atoms with Gasteiger partial charge in [-0.15, -0.1) is 0 Å². The molecule has 0 saturated carbocycles. The lowest BCUT2D eigenvalue weighted by Gasteiger charge is -2.21. The Bertz CT molecular complexity index is 1200. The second-order valence-electron chi connectivity index (χ2n) is 8.87. The maximum absolute atomic E-state index is 12.9. The molecule has 8 heteroatoms. The van der Waals surface area contributed by atoms with Crippen LogP contribution in [-0.4, -0.2) is 33.3 Å². The van der Waals surface area contributed by atoms with Gasteiger partial charge in [0.15, 0.2) is 0 Å². The minimum absolute atomic E-state index is 0.104. The van der Waals surface area contributed by atoms with Crippen molar-refractivity contribution < 1.29 is 14.4 Å². The van der Waals surface area contributed by atoms with Gasteiger partial charge >= 0.3 is 0 Å². The number of aryl methyl sites for hydroxylation is 1. The highest BCUT2D eigenvalue weighted by atomic mass is 16.2. The molecule has 33 heavy (non-hydrogen) atoms. The summed E-state index contributed by atoms with van der Waals surface area (Å²) in [5.41, 5.74) is 2.78. The monoisotopic (exact) mass is 447 g/mol. The summed E-state index contributed by atoms with van der Waals surface area (Å²) in [4.78, 5) is 42.7. The molecule has 8 nitrogen and oxygen atoms in total. The van der Waals surface area contributed by atoms with Crippen LogP contribution in [0.3, 0.4) is 0 Å². The van der Waals surface area contributed by atoms with Crippen LogP contribution in [0.5, 0.6) is 0 Å². The van der Waals surface area contributed by atoms with Crippen molar-refractivity contribution in [2.24, 2.45) is 13.0 Å². The van der Waals surface area contributed by atoms with Gasteiger partial charge in [0.25, 0.3) is 5.91 Å². The van der Waals surface area contributed by atoms with Crippen LogP contribution < -0.4 is 16.0 Å². The molecule has 0 aliphatic carbocycles. The first-order valence-corrected chi connectivity index (χ1v) is 11.2. The van der Waals surface area contributed by atoms with Crippen molar-refractivity contribution in [2.45, 2.75) is 45.2 Å². The number of carbonyl (C=O) groups excluding carboxylic acids is 3. The molecule has 0 fully saturated rings. The summed E-state index contributed by atoms with van der Waals surface area (Å²) >= 11 is 0. The molecule has 0 bridgehead atoms. The SMILES string of the molecule is CC(C)CC(NC(=O)CCC1NC(=O)c2ccccc2NC1=O)c1nc2ccccc2n1C. The van der Waals surface area contributed by atoms with Gasteiger partial charge in [0.2, 0.25) is 11.8 Å². The topological polar surface area (TPSA) is 105 Å². The molecule has 1 aliphatic heterocycles. The van der Waals surface area contributed by atoms with Crippen molar-refractivity contribution in [3.05, 3.63) is 59.9 Å². The number of hydrogen-bond donors (Lipinski definition) is 3. The molecule has 3 aromatic rings. The Morgan fingerprint density at radius 1 is 1.12 bits per heavy atom. The fraction of sp³-hybridized carbons (Fsp3) is 0.360. The highest BCUT2D eigenvalue weighted by Crippen LogP contribution is 2.25. The number of rotatable bonds is 7. The molecule has 2 heterocycles. The van der Waals surface area contributed by atoms with Crippen LogP contribution in [0.4, 0.5) is 5.69 Å². The third-order valence-electron chi connectivity index (χ3n) is 5.89. The molecule has 0 radical (unpaired) electrons. The van der Waals surface area contributed by atoms with E-state index in [1.54, 1.807) is 24.3 Å². The zero-order valence-corrected chi connectivity index (χ0v) is 19.1. The molecule has 1 aromatic heterocycles. The summed E-state index contributed by atoms with van der Waals surface area (Å²) in [6.45, 7) is 4.20. The Hall–Kier alpha value is -3.68. The molecule has 1 aliphatic rings. The summed E-state index contributed by atoms with van der Waals surface area (Å²) in [5, 5.41) is 8.61. The Labute approximate surface area is 192 Å². The minimum Gasteiger partial charge on any atom is -0.346 e. The van der Waals surface area contributed by atoms with Crippen LogP contribution in [0.25, 0.3) is 11.0 Å². The second kappa shape index (κ2) is 9.44. The highest BCUT2D eigenvalue weighted by Gasteiger charge is 2.28. The van der Waals surface area contributed by atoms with Crippen molar-refractivity contribution >= 4 is 34.4 Å². The van der Waals surface area contributed by atoms with E-state index in [9.17, 15) is 14.4 Å². The lowest BCUT2D eigenvalue weighted by atomic mass is 10.0. The van der Waals surface area contributed by atoms with E-state index < -0.39 is 6.04 Å². The largest absolute Gasteiger partial charge is 0.346 e. The molecule has 2 unspecified atom stereocenters. The quantitative estimate of drug-likeness (QED) is 0.517. The fourth-order valence-corrected chi connectivity index (χ4v) is 4.23. The number of hydrogen-bond acceptors (Lipinski definition) is 4. The normalized spacial score (nSPS) is 16.7. The van der Waals surface area contributed by atoms with Gasteiger partial charge in [-0.05, 0) is 43.0 Å². The standard InChI is InChI=1S/C25H29N5O3/c1-15(2)14-20(23-27-18-10-6-7-11-21(18)30(23)3)26-22(31)13-12-19-25(33)28-17-9-5-4-8-16(17)24(32)29-19/h4-11,15,19-20H,12-14H2,1-3H3,(H,26,31)(H,28,33)(H,29,32). The zero-order chi connectivity index (χ0) is 23.5. The first-order valence-electron chi connectivity index (χ1n) is 11.2. The summed E-state index contributed by atoms with van der Waals surface area (Å²) in [5.74, 6) is 0.313. The number of para-hydroxylation sites is 3. The van der Waals surface area contributed by atoms with E-state index in [-0.39, 0.29) is 36.6 Å². The van der Waals surface area contributed by atoms with Crippen LogP contribution in [0.1, 0.15) is 55.3 Å². The maximum atomic E-state index is 12.9.